The van der Waals surface area contributed by atoms with Crippen LogP contribution in [0.2, 0.25) is 0 Å². The summed E-state index contributed by atoms with van der Waals surface area (Å²) < 4.78 is 10.4. The SMILES string of the molecule is CNCCNCc1cc(OC)cc(OC)c1. The molecule has 0 aliphatic carbocycles. The molecule has 0 unspecified atom stereocenters. The molecule has 4 heteroatoms. The van der Waals surface area contributed by atoms with E-state index in [-0.39, 0.29) is 0 Å². The van der Waals surface area contributed by atoms with Crippen LogP contribution < -0.4 is 20.1 Å². The van der Waals surface area contributed by atoms with Crippen molar-refractivity contribution in [3.8, 4) is 11.5 Å². The molecule has 0 saturated heterocycles. The van der Waals surface area contributed by atoms with Crippen LogP contribution in [0.15, 0.2) is 18.2 Å². The van der Waals surface area contributed by atoms with Crippen LogP contribution in [0.1, 0.15) is 5.56 Å². The highest BCUT2D eigenvalue weighted by Crippen LogP contribution is 2.22. The summed E-state index contributed by atoms with van der Waals surface area (Å²) in [6.45, 7) is 2.71. The second-order valence-corrected chi connectivity index (χ2v) is 3.50. The maximum atomic E-state index is 5.20. The lowest BCUT2D eigenvalue weighted by Crippen LogP contribution is -2.24. The van der Waals surface area contributed by atoms with Crippen molar-refractivity contribution in [1.82, 2.24) is 10.6 Å². The highest BCUT2D eigenvalue weighted by Gasteiger charge is 2.01. The van der Waals surface area contributed by atoms with E-state index in [0.29, 0.717) is 0 Å². The van der Waals surface area contributed by atoms with Gasteiger partial charge in [-0.1, -0.05) is 0 Å². The van der Waals surface area contributed by atoms with Crippen molar-refractivity contribution in [1.29, 1.82) is 0 Å². The fraction of sp³-hybridized carbons (Fsp3) is 0.500. The van der Waals surface area contributed by atoms with E-state index < -0.39 is 0 Å². The molecule has 1 aromatic carbocycles. The Morgan fingerprint density at radius 3 is 2.12 bits per heavy atom. The standard InChI is InChI=1S/C12H20N2O2/c1-13-4-5-14-9-10-6-11(15-2)8-12(7-10)16-3/h6-8,13-14H,4-5,9H2,1-3H3. The Bertz CT molecular complexity index is 294. The average molecular weight is 224 g/mol. The van der Waals surface area contributed by atoms with Gasteiger partial charge < -0.3 is 20.1 Å². The molecule has 1 rings (SSSR count). The van der Waals surface area contributed by atoms with Gasteiger partial charge in [-0.25, -0.2) is 0 Å². The van der Waals surface area contributed by atoms with Crippen LogP contribution in [0.3, 0.4) is 0 Å². The molecule has 0 radical (unpaired) electrons. The number of methoxy groups -OCH3 is 2. The molecule has 0 saturated carbocycles. The van der Waals surface area contributed by atoms with Crippen LogP contribution in [0.25, 0.3) is 0 Å². The Kier molecular flexibility index (Phi) is 5.67. The third kappa shape index (κ3) is 4.08. The first-order valence-electron chi connectivity index (χ1n) is 5.37. The third-order valence-corrected chi connectivity index (χ3v) is 2.29. The summed E-state index contributed by atoms with van der Waals surface area (Å²) in [5.74, 6) is 1.65. The van der Waals surface area contributed by atoms with Gasteiger partial charge in [0.2, 0.25) is 0 Å². The van der Waals surface area contributed by atoms with Gasteiger partial charge in [0.15, 0.2) is 0 Å². The molecule has 4 nitrogen and oxygen atoms in total. The summed E-state index contributed by atoms with van der Waals surface area (Å²) in [7, 11) is 5.26. The minimum atomic E-state index is 0.815. The van der Waals surface area contributed by atoms with E-state index in [4.69, 9.17) is 9.47 Å². The molecule has 2 N–H and O–H groups in total. The Hall–Kier alpha value is -1.26. The van der Waals surface area contributed by atoms with Crippen LogP contribution in [-0.2, 0) is 6.54 Å². The first kappa shape index (κ1) is 12.8. The zero-order valence-corrected chi connectivity index (χ0v) is 10.2. The van der Waals surface area contributed by atoms with E-state index in [1.807, 2.05) is 25.2 Å². The van der Waals surface area contributed by atoms with E-state index in [2.05, 4.69) is 10.6 Å². The van der Waals surface area contributed by atoms with E-state index in [0.717, 1.165) is 36.7 Å². The van der Waals surface area contributed by atoms with Gasteiger partial charge in [-0.3, -0.25) is 0 Å². The number of ether oxygens (including phenoxy) is 2. The average Bonchev–Trinajstić information content (AvgIpc) is 2.34. The summed E-state index contributed by atoms with van der Waals surface area (Å²) in [5.41, 5.74) is 1.16. The summed E-state index contributed by atoms with van der Waals surface area (Å²) in [6.07, 6.45) is 0. The Labute approximate surface area is 96.9 Å². The number of benzene rings is 1. The highest BCUT2D eigenvalue weighted by molar-refractivity contribution is 5.38. The highest BCUT2D eigenvalue weighted by atomic mass is 16.5. The first-order chi connectivity index (χ1) is 7.80. The van der Waals surface area contributed by atoms with Crippen molar-refractivity contribution in [3.05, 3.63) is 23.8 Å². The summed E-state index contributed by atoms with van der Waals surface area (Å²) in [6, 6.07) is 5.89. The lowest BCUT2D eigenvalue weighted by Gasteiger charge is -2.09. The number of hydrogen-bond acceptors (Lipinski definition) is 4. The summed E-state index contributed by atoms with van der Waals surface area (Å²) in [5, 5.41) is 6.42. The summed E-state index contributed by atoms with van der Waals surface area (Å²) in [4.78, 5) is 0. The molecule has 0 amide bonds. The van der Waals surface area contributed by atoms with E-state index >= 15 is 0 Å². The number of likely N-dealkylation sites (N-methyl/N-ethyl adjacent to an activating group) is 1. The van der Waals surface area contributed by atoms with Gasteiger partial charge in [-0.2, -0.15) is 0 Å². The third-order valence-electron chi connectivity index (χ3n) is 2.29. The molecule has 0 aromatic heterocycles. The first-order valence-corrected chi connectivity index (χ1v) is 5.37. The molecule has 1 aromatic rings. The predicted octanol–water partition coefficient (Wildman–Crippen LogP) is 1.01. The zero-order chi connectivity index (χ0) is 11.8. The molecule has 0 spiro atoms. The predicted molar refractivity (Wildman–Crippen MR) is 65.2 cm³/mol. The molecular formula is C12H20N2O2. The van der Waals surface area contributed by atoms with E-state index in [1.165, 1.54) is 0 Å². The summed E-state index contributed by atoms with van der Waals surface area (Å²) >= 11 is 0. The lowest BCUT2D eigenvalue weighted by molar-refractivity contribution is 0.393. The Morgan fingerprint density at radius 2 is 1.62 bits per heavy atom. The van der Waals surface area contributed by atoms with E-state index in [9.17, 15) is 0 Å². The Balaban J connectivity index is 2.57. The smallest absolute Gasteiger partial charge is 0.122 e. The Morgan fingerprint density at radius 1 is 1.00 bits per heavy atom. The van der Waals surface area contributed by atoms with Crippen molar-refractivity contribution in [2.75, 3.05) is 34.4 Å². The van der Waals surface area contributed by atoms with Gasteiger partial charge in [0, 0.05) is 25.7 Å². The normalized spacial score (nSPS) is 10.2. The van der Waals surface area contributed by atoms with Crippen molar-refractivity contribution < 1.29 is 9.47 Å². The monoisotopic (exact) mass is 224 g/mol. The van der Waals surface area contributed by atoms with Gasteiger partial charge >= 0.3 is 0 Å². The molecule has 0 aliphatic heterocycles. The quantitative estimate of drug-likeness (QED) is 0.678. The van der Waals surface area contributed by atoms with Crippen LogP contribution in [0.5, 0.6) is 11.5 Å². The molecule has 90 valence electrons. The molecule has 0 fully saturated rings. The molecule has 0 heterocycles. The van der Waals surface area contributed by atoms with Gasteiger partial charge in [-0.05, 0) is 24.7 Å². The molecular weight excluding hydrogens is 204 g/mol. The van der Waals surface area contributed by atoms with Crippen molar-refractivity contribution in [3.63, 3.8) is 0 Å². The maximum absolute atomic E-state index is 5.20. The minimum Gasteiger partial charge on any atom is -0.497 e. The second-order valence-electron chi connectivity index (χ2n) is 3.50. The number of nitrogens with one attached hydrogen (secondary N) is 2. The molecule has 16 heavy (non-hydrogen) atoms. The zero-order valence-electron chi connectivity index (χ0n) is 10.2. The van der Waals surface area contributed by atoms with E-state index in [1.54, 1.807) is 14.2 Å². The fourth-order valence-electron chi connectivity index (χ4n) is 1.41. The van der Waals surface area contributed by atoms with Gasteiger partial charge in [0.25, 0.3) is 0 Å². The number of hydrogen-bond donors (Lipinski definition) is 2. The number of rotatable bonds is 7. The van der Waals surface area contributed by atoms with Crippen LogP contribution >= 0.6 is 0 Å². The van der Waals surface area contributed by atoms with Crippen LogP contribution in [-0.4, -0.2) is 34.4 Å². The van der Waals surface area contributed by atoms with Crippen molar-refractivity contribution in [2.45, 2.75) is 6.54 Å². The molecule has 0 aliphatic rings. The largest absolute Gasteiger partial charge is 0.497 e. The topological polar surface area (TPSA) is 42.5 Å². The molecule has 0 atom stereocenters. The second kappa shape index (κ2) is 7.09. The van der Waals surface area contributed by atoms with Gasteiger partial charge in [0.05, 0.1) is 14.2 Å². The van der Waals surface area contributed by atoms with Gasteiger partial charge in [-0.15, -0.1) is 0 Å². The minimum absolute atomic E-state index is 0.815. The molecule has 0 bridgehead atoms. The lowest BCUT2D eigenvalue weighted by atomic mass is 10.2. The van der Waals surface area contributed by atoms with Crippen molar-refractivity contribution in [2.24, 2.45) is 0 Å². The van der Waals surface area contributed by atoms with Crippen LogP contribution in [0.4, 0.5) is 0 Å². The van der Waals surface area contributed by atoms with Crippen molar-refractivity contribution >= 4 is 0 Å². The van der Waals surface area contributed by atoms with Crippen LogP contribution in [0, 0.1) is 0 Å². The maximum Gasteiger partial charge on any atom is 0.122 e. The van der Waals surface area contributed by atoms with Gasteiger partial charge in [0.1, 0.15) is 11.5 Å². The fourth-order valence-corrected chi connectivity index (χ4v) is 1.41.